The molecule has 126 valence electrons. The molecule has 3 heteroatoms. The molecule has 0 radical (unpaired) electrons. The highest BCUT2D eigenvalue weighted by atomic mass is 16.7. The molecule has 1 rings (SSSR count). The van der Waals surface area contributed by atoms with E-state index in [2.05, 4.69) is 74.5 Å². The molecular formula is C19H35BO2. The van der Waals surface area contributed by atoms with Crippen molar-refractivity contribution in [2.45, 2.75) is 92.2 Å². The maximum Gasteiger partial charge on any atom is 0.465 e. The zero-order chi connectivity index (χ0) is 17.1. The summed E-state index contributed by atoms with van der Waals surface area (Å²) in [4.78, 5) is 0. The van der Waals surface area contributed by atoms with Crippen LogP contribution in [0.3, 0.4) is 0 Å². The van der Waals surface area contributed by atoms with Gasteiger partial charge in [-0.05, 0) is 67.2 Å². The number of hydrogen-bond acceptors (Lipinski definition) is 2. The Morgan fingerprint density at radius 2 is 1.50 bits per heavy atom. The van der Waals surface area contributed by atoms with Gasteiger partial charge in [0.1, 0.15) is 0 Å². The van der Waals surface area contributed by atoms with Crippen LogP contribution in [0, 0.1) is 5.92 Å². The van der Waals surface area contributed by atoms with Gasteiger partial charge < -0.3 is 9.31 Å². The molecule has 0 N–H and O–H groups in total. The third-order valence-electron chi connectivity index (χ3n) is 4.92. The average Bonchev–Trinajstić information content (AvgIpc) is 2.54. The smallest absolute Gasteiger partial charge is 0.403 e. The Balaban J connectivity index is 2.81. The Morgan fingerprint density at radius 1 is 1.00 bits per heavy atom. The van der Waals surface area contributed by atoms with Gasteiger partial charge in [-0.1, -0.05) is 37.1 Å². The number of allylic oxidation sites excluding steroid dienone is 4. The van der Waals surface area contributed by atoms with Crippen molar-refractivity contribution < 1.29 is 9.31 Å². The van der Waals surface area contributed by atoms with Gasteiger partial charge in [0, 0.05) is 5.82 Å². The van der Waals surface area contributed by atoms with Crippen molar-refractivity contribution in [2.75, 3.05) is 0 Å². The Kier molecular flexibility index (Phi) is 6.52. The van der Waals surface area contributed by atoms with Crippen LogP contribution in [0.5, 0.6) is 0 Å². The highest BCUT2D eigenvalue weighted by Gasteiger charge is 2.53. The van der Waals surface area contributed by atoms with Crippen LogP contribution in [-0.2, 0) is 9.31 Å². The molecule has 2 nitrogen and oxygen atoms in total. The summed E-state index contributed by atoms with van der Waals surface area (Å²) < 4.78 is 12.5. The largest absolute Gasteiger partial charge is 0.465 e. The van der Waals surface area contributed by atoms with E-state index in [1.165, 1.54) is 11.1 Å². The molecule has 0 aromatic heterocycles. The van der Waals surface area contributed by atoms with Gasteiger partial charge in [-0.2, -0.15) is 0 Å². The molecule has 0 spiro atoms. The first kappa shape index (κ1) is 19.5. The fraction of sp³-hybridized carbons (Fsp3) is 0.789. The molecule has 0 saturated carbocycles. The molecule has 0 aromatic rings. The first-order valence-corrected chi connectivity index (χ1v) is 8.62. The third-order valence-corrected chi connectivity index (χ3v) is 4.92. The van der Waals surface area contributed by atoms with Crippen molar-refractivity contribution in [3.8, 4) is 0 Å². The molecule has 0 amide bonds. The second kappa shape index (κ2) is 7.36. The van der Waals surface area contributed by atoms with Crippen molar-refractivity contribution in [3.05, 3.63) is 23.3 Å². The van der Waals surface area contributed by atoms with E-state index in [9.17, 15) is 0 Å². The molecule has 1 atom stereocenters. The molecule has 1 saturated heterocycles. The minimum Gasteiger partial charge on any atom is -0.403 e. The summed E-state index contributed by atoms with van der Waals surface area (Å²) in [5.74, 6) is 0.792. The first-order chi connectivity index (χ1) is 9.96. The monoisotopic (exact) mass is 306 g/mol. The number of hydrogen-bond donors (Lipinski definition) is 0. The Labute approximate surface area is 138 Å². The van der Waals surface area contributed by atoms with E-state index in [1.54, 1.807) is 0 Å². The van der Waals surface area contributed by atoms with E-state index in [-0.39, 0.29) is 18.3 Å². The fourth-order valence-electron chi connectivity index (χ4n) is 2.63. The maximum atomic E-state index is 6.25. The first-order valence-electron chi connectivity index (χ1n) is 8.62. The predicted octanol–water partition coefficient (Wildman–Crippen LogP) is 5.80. The molecular weight excluding hydrogens is 271 g/mol. The summed E-state index contributed by atoms with van der Waals surface area (Å²) in [7, 11) is -0.150. The SMILES string of the molecule is CC(C)=CCC/C(C)=C/C(B1OC(C)(C)C(C)(C)O1)C(C)C. The normalized spacial score (nSPS) is 22.1. The molecule has 1 unspecified atom stereocenters. The van der Waals surface area contributed by atoms with Crippen LogP contribution < -0.4 is 0 Å². The lowest BCUT2D eigenvalue weighted by Crippen LogP contribution is -2.41. The average molecular weight is 306 g/mol. The molecule has 1 heterocycles. The highest BCUT2D eigenvalue weighted by Crippen LogP contribution is 2.42. The fourth-order valence-corrected chi connectivity index (χ4v) is 2.63. The summed E-state index contributed by atoms with van der Waals surface area (Å²) in [5.41, 5.74) is 2.30. The Hall–Kier alpha value is -0.535. The third kappa shape index (κ3) is 4.99. The Morgan fingerprint density at radius 3 is 1.91 bits per heavy atom. The van der Waals surface area contributed by atoms with E-state index < -0.39 is 0 Å². The van der Waals surface area contributed by atoms with Crippen LogP contribution in [0.15, 0.2) is 23.3 Å². The minimum absolute atomic E-state index is 0.150. The summed E-state index contributed by atoms with van der Waals surface area (Å²) in [6.45, 7) is 19.5. The van der Waals surface area contributed by atoms with Crippen molar-refractivity contribution in [1.82, 2.24) is 0 Å². The molecule has 22 heavy (non-hydrogen) atoms. The summed E-state index contributed by atoms with van der Waals surface area (Å²) in [5, 5.41) is 0. The van der Waals surface area contributed by atoms with Gasteiger partial charge in [-0.3, -0.25) is 0 Å². The second-order valence-corrected chi connectivity index (χ2v) is 8.28. The number of rotatable bonds is 6. The van der Waals surface area contributed by atoms with Crippen LogP contribution in [0.2, 0.25) is 5.82 Å². The maximum absolute atomic E-state index is 6.25. The van der Waals surface area contributed by atoms with E-state index >= 15 is 0 Å². The van der Waals surface area contributed by atoms with Crippen LogP contribution in [-0.4, -0.2) is 18.3 Å². The zero-order valence-electron chi connectivity index (χ0n) is 16.1. The molecule has 0 aromatic carbocycles. The quantitative estimate of drug-likeness (QED) is 0.456. The van der Waals surface area contributed by atoms with Gasteiger partial charge in [0.15, 0.2) is 0 Å². The minimum atomic E-state index is -0.255. The molecule has 1 fully saturated rings. The van der Waals surface area contributed by atoms with Crippen LogP contribution >= 0.6 is 0 Å². The van der Waals surface area contributed by atoms with Gasteiger partial charge in [-0.15, -0.1) is 0 Å². The van der Waals surface area contributed by atoms with Gasteiger partial charge in [0.05, 0.1) is 11.2 Å². The van der Waals surface area contributed by atoms with E-state index in [0.29, 0.717) is 11.7 Å². The topological polar surface area (TPSA) is 18.5 Å². The lowest BCUT2D eigenvalue weighted by atomic mass is 9.65. The van der Waals surface area contributed by atoms with Gasteiger partial charge >= 0.3 is 7.12 Å². The van der Waals surface area contributed by atoms with Crippen molar-refractivity contribution in [3.63, 3.8) is 0 Å². The molecule has 0 bridgehead atoms. The van der Waals surface area contributed by atoms with Gasteiger partial charge in [0.25, 0.3) is 0 Å². The summed E-state index contributed by atoms with van der Waals surface area (Å²) in [6.07, 6.45) is 6.88. The lowest BCUT2D eigenvalue weighted by Gasteiger charge is -2.32. The van der Waals surface area contributed by atoms with Gasteiger partial charge in [0.2, 0.25) is 0 Å². The summed E-state index contributed by atoms with van der Waals surface area (Å²) >= 11 is 0. The van der Waals surface area contributed by atoms with Crippen LogP contribution in [0.4, 0.5) is 0 Å². The standard InChI is InChI=1S/C19H35BO2/c1-14(2)11-10-12-16(5)13-17(15(3)4)20-21-18(6,7)19(8,9)22-20/h11,13,15,17H,10,12H2,1-9H3/b16-13+. The van der Waals surface area contributed by atoms with Crippen molar-refractivity contribution >= 4 is 7.12 Å². The Bertz CT molecular complexity index is 413. The van der Waals surface area contributed by atoms with E-state index in [0.717, 1.165) is 12.8 Å². The van der Waals surface area contributed by atoms with E-state index in [4.69, 9.17) is 9.31 Å². The zero-order valence-corrected chi connectivity index (χ0v) is 16.1. The van der Waals surface area contributed by atoms with Gasteiger partial charge in [-0.25, -0.2) is 0 Å². The van der Waals surface area contributed by atoms with Crippen molar-refractivity contribution in [1.29, 1.82) is 0 Å². The molecule has 1 aliphatic heterocycles. The van der Waals surface area contributed by atoms with E-state index in [1.807, 2.05) is 0 Å². The second-order valence-electron chi connectivity index (χ2n) is 8.28. The predicted molar refractivity (Wildman–Crippen MR) is 97.1 cm³/mol. The van der Waals surface area contributed by atoms with Crippen LogP contribution in [0.25, 0.3) is 0 Å². The van der Waals surface area contributed by atoms with Crippen molar-refractivity contribution in [2.24, 2.45) is 5.92 Å². The van der Waals surface area contributed by atoms with Crippen LogP contribution in [0.1, 0.15) is 75.2 Å². The highest BCUT2D eigenvalue weighted by molar-refractivity contribution is 6.48. The summed E-state index contributed by atoms with van der Waals surface area (Å²) in [6, 6.07) is 0. The lowest BCUT2D eigenvalue weighted by molar-refractivity contribution is 0.00578. The molecule has 1 aliphatic rings. The molecule has 0 aliphatic carbocycles.